The molecule has 11 N–H and O–H groups in total. The van der Waals surface area contributed by atoms with E-state index in [0.29, 0.717) is 37.3 Å². The number of carbonyl (C=O) groups is 4. The third kappa shape index (κ3) is 12.0. The number of halogens is 1. The Hall–Kier alpha value is -5.50. The first kappa shape index (κ1) is 37.0. The van der Waals surface area contributed by atoms with Crippen molar-refractivity contribution in [3.8, 4) is 5.75 Å². The second kappa shape index (κ2) is 19.2. The number of hydrogen-bond acceptors (Lipinski definition) is 7. The second-order valence-corrected chi connectivity index (χ2v) is 11.0. The minimum absolute atomic E-state index is 0.0720. The summed E-state index contributed by atoms with van der Waals surface area (Å²) in [5, 5.41) is 7.86. The molecule has 3 rings (SSSR count). The summed E-state index contributed by atoms with van der Waals surface area (Å²) >= 11 is 0. The highest BCUT2D eigenvalue weighted by Gasteiger charge is 2.30. The molecule has 3 atom stereocenters. The number of benzene rings is 3. The van der Waals surface area contributed by atoms with E-state index in [1.54, 1.807) is 24.3 Å². The van der Waals surface area contributed by atoms with Gasteiger partial charge in [-0.25, -0.2) is 4.39 Å². The lowest BCUT2D eigenvalue weighted by Gasteiger charge is -2.25. The molecule has 4 amide bonds. The van der Waals surface area contributed by atoms with Crippen LogP contribution in [0.1, 0.15) is 59.6 Å². The molecular weight excluding hydrogens is 619 g/mol. The van der Waals surface area contributed by atoms with Gasteiger partial charge in [-0.1, -0.05) is 54.6 Å². The second-order valence-electron chi connectivity index (χ2n) is 11.0. The summed E-state index contributed by atoms with van der Waals surface area (Å²) in [5.41, 5.74) is 23.2. The van der Waals surface area contributed by atoms with E-state index < -0.39 is 47.6 Å². The molecule has 0 saturated carbocycles. The summed E-state index contributed by atoms with van der Waals surface area (Å²) in [6.07, 6.45) is 1.57. The molecule has 0 radical (unpaired) electrons. The van der Waals surface area contributed by atoms with Crippen molar-refractivity contribution in [3.05, 3.63) is 101 Å². The lowest BCUT2D eigenvalue weighted by Crippen LogP contribution is -2.54. The van der Waals surface area contributed by atoms with Gasteiger partial charge >= 0.3 is 0 Å². The zero-order chi connectivity index (χ0) is 34.9. The highest BCUT2D eigenvalue weighted by atomic mass is 19.1. The molecule has 0 aliphatic heterocycles. The molecule has 0 spiro atoms. The van der Waals surface area contributed by atoms with Gasteiger partial charge in [-0.05, 0) is 74.0 Å². The van der Waals surface area contributed by atoms with Crippen LogP contribution in [-0.2, 0) is 21.0 Å². The summed E-state index contributed by atoms with van der Waals surface area (Å²) in [6.45, 7) is 0.867. The van der Waals surface area contributed by atoms with E-state index in [1.165, 1.54) is 18.2 Å². The van der Waals surface area contributed by atoms with Crippen LogP contribution >= 0.6 is 0 Å². The minimum atomic E-state index is -1.22. The Bertz CT molecular complexity index is 1530. The fourth-order valence-electron chi connectivity index (χ4n) is 4.75. The summed E-state index contributed by atoms with van der Waals surface area (Å²) in [7, 11) is 0. The number of hydrogen-bond donors (Lipinski definition) is 7. The Morgan fingerprint density at radius 3 is 2.02 bits per heavy atom. The van der Waals surface area contributed by atoms with E-state index in [9.17, 15) is 23.6 Å². The van der Waals surface area contributed by atoms with Crippen LogP contribution in [0.4, 0.5) is 4.39 Å². The first-order valence-corrected chi connectivity index (χ1v) is 15.6. The SMILES string of the molecule is NCCCC[C@H](NC(=O)[C@H](CCCN=C(N)N)NC(=O)c1ccccc1F)C(=O)N[C@@H](C(N)=O)c1ccc(OCc2ccccc2)cc1. The van der Waals surface area contributed by atoms with Gasteiger partial charge in [0, 0.05) is 6.54 Å². The third-order valence-electron chi connectivity index (χ3n) is 7.30. The zero-order valence-electron chi connectivity index (χ0n) is 26.6. The Morgan fingerprint density at radius 2 is 1.38 bits per heavy atom. The van der Waals surface area contributed by atoms with Crippen LogP contribution in [0, 0.1) is 5.82 Å². The van der Waals surface area contributed by atoms with Gasteiger partial charge < -0.3 is 43.6 Å². The number of amides is 4. The lowest BCUT2D eigenvalue weighted by atomic mass is 10.0. The maximum atomic E-state index is 14.3. The highest BCUT2D eigenvalue weighted by molar-refractivity contribution is 5.99. The van der Waals surface area contributed by atoms with E-state index >= 15 is 0 Å². The molecule has 0 fully saturated rings. The van der Waals surface area contributed by atoms with Crippen LogP contribution in [0.2, 0.25) is 0 Å². The summed E-state index contributed by atoms with van der Waals surface area (Å²) in [4.78, 5) is 56.4. The monoisotopic (exact) mass is 662 g/mol. The number of carbonyl (C=O) groups excluding carboxylic acids is 4. The van der Waals surface area contributed by atoms with E-state index in [2.05, 4.69) is 20.9 Å². The molecule has 13 nitrogen and oxygen atoms in total. The van der Waals surface area contributed by atoms with E-state index in [4.69, 9.17) is 27.7 Å². The quantitative estimate of drug-likeness (QED) is 0.0564. The zero-order valence-corrected chi connectivity index (χ0v) is 26.6. The van der Waals surface area contributed by atoms with Gasteiger partial charge in [0.15, 0.2) is 5.96 Å². The molecule has 3 aromatic rings. The van der Waals surface area contributed by atoms with Gasteiger partial charge in [0.05, 0.1) is 5.56 Å². The molecule has 0 unspecified atom stereocenters. The van der Waals surface area contributed by atoms with Crippen molar-refractivity contribution >= 4 is 29.6 Å². The minimum Gasteiger partial charge on any atom is -0.489 e. The number of guanidine groups is 1. The Balaban J connectivity index is 1.74. The Labute approximate surface area is 278 Å². The molecule has 0 aliphatic rings. The summed E-state index contributed by atoms with van der Waals surface area (Å²) in [5.74, 6) is -3.36. The topological polar surface area (TPSA) is 230 Å². The van der Waals surface area contributed by atoms with Gasteiger partial charge in [0.2, 0.25) is 17.7 Å². The van der Waals surface area contributed by atoms with E-state index in [-0.39, 0.29) is 37.3 Å². The first-order valence-electron chi connectivity index (χ1n) is 15.6. The van der Waals surface area contributed by atoms with E-state index in [1.807, 2.05) is 30.3 Å². The van der Waals surface area contributed by atoms with Crippen LogP contribution in [0.15, 0.2) is 83.9 Å². The van der Waals surface area contributed by atoms with Crippen molar-refractivity contribution in [1.82, 2.24) is 16.0 Å². The molecule has 3 aromatic carbocycles. The van der Waals surface area contributed by atoms with Crippen molar-refractivity contribution in [2.24, 2.45) is 27.9 Å². The van der Waals surface area contributed by atoms with Crippen molar-refractivity contribution < 1.29 is 28.3 Å². The van der Waals surface area contributed by atoms with Crippen molar-refractivity contribution in [3.63, 3.8) is 0 Å². The fraction of sp³-hybridized carbons (Fsp3) is 0.324. The van der Waals surface area contributed by atoms with Crippen LogP contribution in [0.3, 0.4) is 0 Å². The summed E-state index contributed by atoms with van der Waals surface area (Å²) in [6, 6.07) is 18.0. The van der Waals surface area contributed by atoms with Gasteiger partial charge in [-0.3, -0.25) is 24.2 Å². The van der Waals surface area contributed by atoms with Crippen molar-refractivity contribution in [2.45, 2.75) is 56.8 Å². The number of nitrogens with two attached hydrogens (primary N) is 4. The normalized spacial score (nSPS) is 12.5. The van der Waals surface area contributed by atoms with Gasteiger partial charge in [0.25, 0.3) is 5.91 Å². The van der Waals surface area contributed by atoms with Crippen LogP contribution in [0.5, 0.6) is 5.75 Å². The molecular formula is C34H43FN8O5. The molecule has 48 heavy (non-hydrogen) atoms. The molecule has 256 valence electrons. The number of ether oxygens (including phenoxy) is 1. The molecule has 14 heteroatoms. The number of rotatable bonds is 19. The maximum Gasteiger partial charge on any atom is 0.254 e. The number of primary amides is 1. The maximum absolute atomic E-state index is 14.3. The molecule has 0 bridgehead atoms. The number of aliphatic imine (C=N–C) groups is 1. The standard InChI is InChI=1S/C34H43FN8O5/c35-26-12-5-4-11-25(26)31(45)41-28(14-8-20-40-34(38)39)32(46)42-27(13-6-7-19-36)33(47)43-29(30(37)44)23-15-17-24(18-16-23)48-21-22-9-2-1-3-10-22/h1-5,9-12,15-18,27-29H,6-8,13-14,19-21,36H2,(H2,37,44)(H,41,45)(H,42,46)(H,43,47)(H4,38,39,40)/t27-,28-,29+/m0/s1. The predicted molar refractivity (Wildman–Crippen MR) is 180 cm³/mol. The van der Waals surface area contributed by atoms with Gasteiger partial charge in [-0.2, -0.15) is 0 Å². The largest absolute Gasteiger partial charge is 0.489 e. The number of nitrogens with zero attached hydrogens (tertiary/aromatic N) is 1. The Morgan fingerprint density at radius 1 is 0.750 bits per heavy atom. The lowest BCUT2D eigenvalue weighted by molar-refractivity contribution is -0.132. The Kier molecular flexibility index (Phi) is 14.8. The number of unbranched alkanes of at least 4 members (excludes halogenated alkanes) is 1. The van der Waals surface area contributed by atoms with Crippen LogP contribution in [0.25, 0.3) is 0 Å². The highest BCUT2D eigenvalue weighted by Crippen LogP contribution is 2.20. The fourth-order valence-corrected chi connectivity index (χ4v) is 4.75. The first-order chi connectivity index (χ1) is 23.1. The van der Waals surface area contributed by atoms with Gasteiger partial charge in [-0.15, -0.1) is 0 Å². The van der Waals surface area contributed by atoms with Crippen molar-refractivity contribution in [2.75, 3.05) is 13.1 Å². The molecule has 0 aliphatic carbocycles. The average molecular weight is 663 g/mol. The average Bonchev–Trinajstić information content (AvgIpc) is 3.07. The van der Waals surface area contributed by atoms with Crippen LogP contribution in [-0.4, -0.2) is 54.8 Å². The molecule has 0 heterocycles. The van der Waals surface area contributed by atoms with E-state index in [0.717, 1.165) is 11.6 Å². The predicted octanol–water partition coefficient (Wildman–Crippen LogP) is 1.51. The smallest absolute Gasteiger partial charge is 0.254 e. The van der Waals surface area contributed by atoms with Crippen LogP contribution < -0.4 is 43.6 Å². The number of nitrogens with one attached hydrogen (secondary N) is 3. The van der Waals surface area contributed by atoms with Crippen molar-refractivity contribution in [1.29, 1.82) is 0 Å². The molecule has 0 saturated heterocycles. The van der Waals surface area contributed by atoms with Gasteiger partial charge in [0.1, 0.15) is 36.3 Å². The molecule has 0 aromatic heterocycles. The third-order valence-corrected chi connectivity index (χ3v) is 7.30. The summed E-state index contributed by atoms with van der Waals surface area (Å²) < 4.78 is 20.1.